The van der Waals surface area contributed by atoms with E-state index in [-0.39, 0.29) is 5.41 Å². The predicted molar refractivity (Wildman–Crippen MR) is 102 cm³/mol. The van der Waals surface area contributed by atoms with E-state index in [1.54, 1.807) is 0 Å². The van der Waals surface area contributed by atoms with Crippen LogP contribution in [0.4, 0.5) is 0 Å². The van der Waals surface area contributed by atoms with Crippen molar-refractivity contribution in [2.24, 2.45) is 5.41 Å². The van der Waals surface area contributed by atoms with Gasteiger partial charge in [0.15, 0.2) is 0 Å². The normalized spacial score (nSPS) is 19.3. The van der Waals surface area contributed by atoms with Crippen molar-refractivity contribution in [2.75, 3.05) is 4.43 Å². The van der Waals surface area contributed by atoms with Gasteiger partial charge in [0.05, 0.1) is 0 Å². The van der Waals surface area contributed by atoms with Crippen molar-refractivity contribution in [1.29, 1.82) is 0 Å². The Bertz CT molecular complexity index is 271. The van der Waals surface area contributed by atoms with Gasteiger partial charge in [-0.3, -0.25) is 0 Å². The Morgan fingerprint density at radius 1 is 1.16 bits per heavy atom. The zero-order valence-electron chi connectivity index (χ0n) is 14.0. The van der Waals surface area contributed by atoms with Gasteiger partial charge in [0.1, 0.15) is 0 Å². The molecule has 0 fully saturated rings. The van der Waals surface area contributed by atoms with E-state index < -0.39 is 0 Å². The van der Waals surface area contributed by atoms with Crippen LogP contribution in [0, 0.1) is 5.41 Å². The van der Waals surface area contributed by atoms with Crippen molar-refractivity contribution in [3.8, 4) is 0 Å². The van der Waals surface area contributed by atoms with E-state index in [9.17, 15) is 0 Å². The summed E-state index contributed by atoms with van der Waals surface area (Å²) in [6.45, 7) is 18.2. The number of allylic oxidation sites excluding steroid dienone is 7. The highest BCUT2D eigenvalue weighted by Gasteiger charge is 2.15. The molecule has 19 heavy (non-hydrogen) atoms. The first kappa shape index (κ1) is 23.8. The summed E-state index contributed by atoms with van der Waals surface area (Å²) < 4.78 is 1.11. The first-order valence-electron chi connectivity index (χ1n) is 7.39. The summed E-state index contributed by atoms with van der Waals surface area (Å²) >= 11 is 2.41. The summed E-state index contributed by atoms with van der Waals surface area (Å²) in [5.74, 6) is 0. The molecule has 0 radical (unpaired) electrons. The van der Waals surface area contributed by atoms with Gasteiger partial charge in [0, 0.05) is 9.84 Å². The summed E-state index contributed by atoms with van der Waals surface area (Å²) in [6, 6.07) is 0. The molecule has 0 aromatic heterocycles. The van der Waals surface area contributed by atoms with Gasteiger partial charge in [0.2, 0.25) is 0 Å². The molecule has 0 nitrogen and oxygen atoms in total. The van der Waals surface area contributed by atoms with E-state index in [0.29, 0.717) is 0 Å². The Labute approximate surface area is 135 Å². The van der Waals surface area contributed by atoms with Crippen LogP contribution in [-0.4, -0.2) is 4.43 Å². The van der Waals surface area contributed by atoms with E-state index in [1.165, 1.54) is 12.0 Å². The molecule has 0 N–H and O–H groups in total. The minimum absolute atomic E-state index is 0.210. The van der Waals surface area contributed by atoms with Gasteiger partial charge in [-0.15, -0.1) is 0 Å². The molecule has 0 bridgehead atoms. The average Bonchev–Trinajstić information content (AvgIpc) is 2.66. The molecule has 1 rings (SSSR count). The lowest BCUT2D eigenvalue weighted by Crippen LogP contribution is -2.09. The molecule has 112 valence electrons. The fourth-order valence-corrected chi connectivity index (χ4v) is 1.51. The van der Waals surface area contributed by atoms with Gasteiger partial charge in [-0.1, -0.05) is 121 Å². The summed E-state index contributed by atoms with van der Waals surface area (Å²) in [7, 11) is 0. The van der Waals surface area contributed by atoms with E-state index in [4.69, 9.17) is 0 Å². The number of halogens is 1. The van der Waals surface area contributed by atoms with Crippen LogP contribution in [0.15, 0.2) is 48.6 Å². The summed E-state index contributed by atoms with van der Waals surface area (Å²) in [5.41, 5.74) is 1.39. The Kier molecular flexibility index (Phi) is 22.1. The topological polar surface area (TPSA) is 0 Å². The van der Waals surface area contributed by atoms with E-state index in [1.807, 2.05) is 33.8 Å². The van der Waals surface area contributed by atoms with Crippen molar-refractivity contribution in [3.05, 3.63) is 48.6 Å². The maximum absolute atomic E-state index is 3.74. The Morgan fingerprint density at radius 2 is 1.63 bits per heavy atom. The predicted octanol–water partition coefficient (Wildman–Crippen LogP) is 7.13. The van der Waals surface area contributed by atoms with E-state index in [0.717, 1.165) is 4.43 Å². The molecule has 0 aliphatic heterocycles. The molecular weight excluding hydrogens is 343 g/mol. The highest BCUT2D eigenvalue weighted by atomic mass is 127. The minimum Gasteiger partial charge on any atom is -0.0985 e. The average molecular weight is 376 g/mol. The summed E-state index contributed by atoms with van der Waals surface area (Å²) in [5, 5.41) is 0. The second-order valence-electron chi connectivity index (χ2n) is 3.91. The maximum atomic E-state index is 3.74. The first-order valence-corrected chi connectivity index (χ1v) is 8.91. The zero-order chi connectivity index (χ0) is 15.7. The molecule has 0 amide bonds. The van der Waals surface area contributed by atoms with Crippen LogP contribution in [0.2, 0.25) is 0 Å². The molecule has 0 saturated carbocycles. The van der Waals surface area contributed by atoms with Crippen LogP contribution in [0.25, 0.3) is 0 Å². The van der Waals surface area contributed by atoms with E-state index >= 15 is 0 Å². The minimum atomic E-state index is 0.210. The number of rotatable bonds is 2. The van der Waals surface area contributed by atoms with Crippen LogP contribution in [0.1, 0.15) is 54.9 Å². The monoisotopic (exact) mass is 376 g/mol. The molecule has 0 aromatic carbocycles. The SMILES string of the molecule is C=CC1=CC=CC(C)(CI)C=C1.CC.CC.CCC. The number of hydrogen-bond acceptors (Lipinski definition) is 0. The number of alkyl halides is 1. The van der Waals surface area contributed by atoms with Gasteiger partial charge in [-0.05, 0) is 5.57 Å². The lowest BCUT2D eigenvalue weighted by atomic mass is 9.93. The van der Waals surface area contributed by atoms with Crippen LogP contribution in [0.5, 0.6) is 0 Å². The third-order valence-corrected chi connectivity index (χ3v) is 3.59. The van der Waals surface area contributed by atoms with Gasteiger partial charge in [-0.25, -0.2) is 0 Å². The molecule has 1 unspecified atom stereocenters. The van der Waals surface area contributed by atoms with Crippen molar-refractivity contribution < 1.29 is 0 Å². The molecule has 0 aromatic rings. The van der Waals surface area contributed by atoms with Crippen molar-refractivity contribution in [2.45, 2.75) is 54.9 Å². The molecular formula is C18H33I. The van der Waals surface area contributed by atoms with Crippen LogP contribution >= 0.6 is 22.6 Å². The highest BCUT2D eigenvalue weighted by molar-refractivity contribution is 14.1. The lowest BCUT2D eigenvalue weighted by molar-refractivity contribution is 0.652. The van der Waals surface area contributed by atoms with Crippen LogP contribution < -0.4 is 0 Å². The third-order valence-electron chi connectivity index (χ3n) is 1.95. The highest BCUT2D eigenvalue weighted by Crippen LogP contribution is 2.26. The van der Waals surface area contributed by atoms with Gasteiger partial charge in [-0.2, -0.15) is 0 Å². The van der Waals surface area contributed by atoms with Crippen LogP contribution in [0.3, 0.4) is 0 Å². The molecule has 0 saturated heterocycles. The van der Waals surface area contributed by atoms with Gasteiger partial charge >= 0.3 is 0 Å². The third kappa shape index (κ3) is 13.9. The van der Waals surface area contributed by atoms with Crippen molar-refractivity contribution in [3.63, 3.8) is 0 Å². The lowest BCUT2D eigenvalue weighted by Gasteiger charge is -2.16. The Balaban J connectivity index is -0.000000313. The molecule has 1 atom stereocenters. The standard InChI is InChI=1S/C11H13I.C3H8.2C2H6/c1-3-10-5-4-7-11(2,9-12)8-6-10;1-3-2;2*1-2/h3-8H,1,9H2,2H3;3H2,1-2H3;2*1-2H3. The first-order chi connectivity index (χ1) is 9.11. The smallest absolute Gasteiger partial charge is 0.0129 e. The van der Waals surface area contributed by atoms with E-state index in [2.05, 4.69) is 80.3 Å². The van der Waals surface area contributed by atoms with Crippen molar-refractivity contribution in [1.82, 2.24) is 0 Å². The molecule has 1 aliphatic carbocycles. The summed E-state index contributed by atoms with van der Waals surface area (Å²) in [6.07, 6.45) is 13.9. The Hall–Kier alpha value is -0.310. The maximum Gasteiger partial charge on any atom is 0.0129 e. The number of hydrogen-bond donors (Lipinski definition) is 0. The molecule has 0 heterocycles. The van der Waals surface area contributed by atoms with Crippen LogP contribution in [-0.2, 0) is 0 Å². The summed E-state index contributed by atoms with van der Waals surface area (Å²) in [4.78, 5) is 0. The second-order valence-corrected chi connectivity index (χ2v) is 4.67. The van der Waals surface area contributed by atoms with Gasteiger partial charge < -0.3 is 0 Å². The fourth-order valence-electron chi connectivity index (χ4n) is 1.00. The fraction of sp³-hybridized carbons (Fsp3) is 0.556. The largest absolute Gasteiger partial charge is 0.0985 e. The van der Waals surface area contributed by atoms with Gasteiger partial charge in [0.25, 0.3) is 0 Å². The quantitative estimate of drug-likeness (QED) is 0.355. The molecule has 0 spiro atoms. The zero-order valence-corrected chi connectivity index (χ0v) is 16.1. The molecule has 1 aliphatic rings. The molecule has 1 heteroatoms. The van der Waals surface area contributed by atoms with Crippen molar-refractivity contribution >= 4 is 22.6 Å². The Morgan fingerprint density at radius 3 is 2.00 bits per heavy atom. The second kappa shape index (κ2) is 17.7.